The van der Waals surface area contributed by atoms with Crippen molar-refractivity contribution < 1.29 is 37.6 Å². The maximum atomic E-state index is 13.6. The predicted molar refractivity (Wildman–Crippen MR) is 151 cm³/mol. The molecule has 2 aromatic carbocycles. The number of hydrogen-bond acceptors (Lipinski definition) is 8. The van der Waals surface area contributed by atoms with Gasteiger partial charge in [0.1, 0.15) is 6.10 Å². The lowest BCUT2D eigenvalue weighted by Crippen LogP contribution is -2.51. The number of nitrogens with zero attached hydrogens (tertiary/aromatic N) is 1. The summed E-state index contributed by atoms with van der Waals surface area (Å²) in [5.74, 6) is -0.0525. The molecule has 0 bridgehead atoms. The molecule has 1 amide bonds. The van der Waals surface area contributed by atoms with Gasteiger partial charge >= 0.3 is 13.0 Å². The van der Waals surface area contributed by atoms with E-state index in [1.165, 1.54) is 16.4 Å². The van der Waals surface area contributed by atoms with Gasteiger partial charge in [-0.15, -0.1) is 0 Å². The van der Waals surface area contributed by atoms with E-state index in [4.69, 9.17) is 14.2 Å². The molecule has 0 aliphatic carbocycles. The summed E-state index contributed by atoms with van der Waals surface area (Å²) in [6.07, 6.45) is -1.75. The number of benzene rings is 2. The predicted octanol–water partition coefficient (Wildman–Crippen LogP) is 1.61. The molecule has 40 heavy (non-hydrogen) atoms. The Bertz CT molecular complexity index is 1210. The lowest BCUT2D eigenvalue weighted by atomic mass is 9.64. The Balaban J connectivity index is 1.51. The van der Waals surface area contributed by atoms with Crippen LogP contribution in [0, 0.1) is 11.8 Å². The fourth-order valence-corrected chi connectivity index (χ4v) is 6.72. The molecule has 0 radical (unpaired) electrons. The molecule has 5 atom stereocenters. The highest BCUT2D eigenvalue weighted by atomic mass is 32.2. The highest BCUT2D eigenvalue weighted by molar-refractivity contribution is 7.89. The van der Waals surface area contributed by atoms with Crippen LogP contribution in [0.4, 0.5) is 4.79 Å². The molecule has 0 spiro atoms. The van der Waals surface area contributed by atoms with E-state index >= 15 is 0 Å². The van der Waals surface area contributed by atoms with E-state index in [1.54, 1.807) is 19.0 Å². The van der Waals surface area contributed by atoms with Crippen LogP contribution in [0.15, 0.2) is 59.5 Å². The van der Waals surface area contributed by atoms with Gasteiger partial charge in [0.2, 0.25) is 10.0 Å². The standard InChI is InChI=1S/C28H39BN2O8S/c1-19(2)16-31(40(35,36)22-11-9-21(10-12-22)29(3)34)17-25(32)24(15-20-7-5-4-6-8-20)30-28(33)39-26-18-38-27-23(26)13-14-37-27/h4-12,19,23-27,32,34H,13-18H2,1-3H3,(H,30,33)/t23-,24-,25+,26?,27+/m0/s1. The van der Waals surface area contributed by atoms with Crippen LogP contribution in [0.3, 0.4) is 0 Å². The Morgan fingerprint density at radius 2 is 1.82 bits per heavy atom. The van der Waals surface area contributed by atoms with Crippen LogP contribution in [0.1, 0.15) is 25.8 Å². The number of amides is 1. The van der Waals surface area contributed by atoms with E-state index in [2.05, 4.69) is 5.32 Å². The first-order valence-corrected chi connectivity index (χ1v) is 15.2. The van der Waals surface area contributed by atoms with Crippen molar-refractivity contribution in [1.29, 1.82) is 0 Å². The molecule has 3 N–H and O–H groups in total. The number of hydrogen-bond donors (Lipinski definition) is 3. The number of ether oxygens (including phenoxy) is 3. The number of fused-ring (bicyclic) bond motifs is 1. The third-order valence-corrected chi connectivity index (χ3v) is 9.12. The van der Waals surface area contributed by atoms with E-state index in [1.807, 2.05) is 44.2 Å². The molecule has 2 heterocycles. The Hall–Kier alpha value is -2.48. The lowest BCUT2D eigenvalue weighted by Gasteiger charge is -2.31. The maximum absolute atomic E-state index is 13.6. The van der Waals surface area contributed by atoms with Crippen LogP contribution >= 0.6 is 0 Å². The summed E-state index contributed by atoms with van der Waals surface area (Å²) in [6, 6.07) is 14.6. The fraction of sp³-hybridized carbons (Fsp3) is 0.536. The average molecular weight is 575 g/mol. The molecular formula is C28H39BN2O8S. The van der Waals surface area contributed by atoms with Crippen molar-refractivity contribution in [3.63, 3.8) is 0 Å². The summed E-state index contributed by atoms with van der Waals surface area (Å²) in [5.41, 5.74) is 1.47. The number of alkyl carbamates (subject to hydrolysis) is 1. The van der Waals surface area contributed by atoms with Gasteiger partial charge < -0.3 is 29.7 Å². The molecule has 1 unspecified atom stereocenters. The minimum Gasteiger partial charge on any atom is -0.447 e. The number of nitrogens with one attached hydrogen (secondary N) is 1. The van der Waals surface area contributed by atoms with Crippen molar-refractivity contribution in [3.8, 4) is 0 Å². The molecule has 2 aliphatic rings. The van der Waals surface area contributed by atoms with Crippen LogP contribution in [0.25, 0.3) is 0 Å². The van der Waals surface area contributed by atoms with Gasteiger partial charge in [-0.3, -0.25) is 0 Å². The quantitative estimate of drug-likeness (QED) is 0.326. The second kappa shape index (κ2) is 13.5. The minimum absolute atomic E-state index is 0.0202. The van der Waals surface area contributed by atoms with Gasteiger partial charge in [-0.05, 0) is 41.9 Å². The van der Waals surface area contributed by atoms with Crippen LogP contribution in [-0.4, -0.2) is 86.7 Å². The van der Waals surface area contributed by atoms with Gasteiger partial charge in [-0.25, -0.2) is 13.2 Å². The first-order valence-electron chi connectivity index (χ1n) is 13.7. The molecule has 2 aromatic rings. The topological polar surface area (TPSA) is 135 Å². The van der Waals surface area contributed by atoms with E-state index in [0.717, 1.165) is 12.0 Å². The second-order valence-corrected chi connectivity index (χ2v) is 12.9. The van der Waals surface area contributed by atoms with Crippen LogP contribution in [0.5, 0.6) is 0 Å². The third kappa shape index (κ3) is 7.62. The highest BCUT2D eigenvalue weighted by Crippen LogP contribution is 2.33. The molecule has 2 saturated heterocycles. The first-order chi connectivity index (χ1) is 19.0. The van der Waals surface area contributed by atoms with E-state index in [9.17, 15) is 23.3 Å². The lowest BCUT2D eigenvalue weighted by molar-refractivity contribution is -0.0907. The van der Waals surface area contributed by atoms with Crippen molar-refractivity contribution in [1.82, 2.24) is 9.62 Å². The number of sulfonamides is 1. The van der Waals surface area contributed by atoms with Crippen LogP contribution in [0.2, 0.25) is 6.82 Å². The van der Waals surface area contributed by atoms with Gasteiger partial charge in [-0.2, -0.15) is 4.31 Å². The Labute approximate surface area is 236 Å². The molecule has 0 saturated carbocycles. The first kappa shape index (κ1) is 30.5. The number of carbonyl (C=O) groups excluding carboxylic acids is 1. The fourth-order valence-electron chi connectivity index (χ4n) is 5.10. The zero-order valence-corrected chi connectivity index (χ0v) is 24.0. The summed E-state index contributed by atoms with van der Waals surface area (Å²) in [5, 5.41) is 24.0. The molecule has 4 rings (SSSR count). The summed E-state index contributed by atoms with van der Waals surface area (Å²) in [4.78, 5) is 13.0. The van der Waals surface area contributed by atoms with Gasteiger partial charge in [0.25, 0.3) is 0 Å². The van der Waals surface area contributed by atoms with Gasteiger partial charge in [-0.1, -0.05) is 63.1 Å². The van der Waals surface area contributed by atoms with Gasteiger partial charge in [0.05, 0.1) is 36.2 Å². The average Bonchev–Trinajstić information content (AvgIpc) is 3.53. The molecule has 218 valence electrons. The van der Waals surface area contributed by atoms with Crippen molar-refractivity contribution in [2.45, 2.75) is 62.9 Å². The molecule has 12 heteroatoms. The second-order valence-electron chi connectivity index (χ2n) is 10.9. The van der Waals surface area contributed by atoms with Crippen LogP contribution in [-0.2, 0) is 30.7 Å². The largest absolute Gasteiger partial charge is 0.447 e. The molecular weight excluding hydrogens is 535 g/mol. The maximum Gasteiger partial charge on any atom is 0.407 e. The van der Waals surface area contributed by atoms with E-state index < -0.39 is 41.3 Å². The van der Waals surface area contributed by atoms with Crippen molar-refractivity contribution in [2.24, 2.45) is 11.8 Å². The number of aliphatic hydroxyl groups excluding tert-OH is 1. The molecule has 10 nitrogen and oxygen atoms in total. The summed E-state index contributed by atoms with van der Waals surface area (Å²) < 4.78 is 45.2. The van der Waals surface area contributed by atoms with Crippen LogP contribution < -0.4 is 10.8 Å². The smallest absolute Gasteiger partial charge is 0.407 e. The molecule has 2 fully saturated rings. The van der Waals surface area contributed by atoms with Gasteiger partial charge in [0, 0.05) is 13.1 Å². The minimum atomic E-state index is -3.98. The van der Waals surface area contributed by atoms with E-state index in [0.29, 0.717) is 12.1 Å². The zero-order chi connectivity index (χ0) is 28.9. The normalized spacial score (nSPS) is 22.2. The highest BCUT2D eigenvalue weighted by Gasteiger charge is 2.44. The Morgan fingerprint density at radius 3 is 2.48 bits per heavy atom. The molecule has 0 aromatic heterocycles. The summed E-state index contributed by atoms with van der Waals surface area (Å²) in [6.45, 7) is 5.40. The van der Waals surface area contributed by atoms with Gasteiger partial charge in [0.15, 0.2) is 6.29 Å². The number of aliphatic hydroxyl groups is 1. The van der Waals surface area contributed by atoms with Crippen molar-refractivity contribution in [2.75, 3.05) is 26.3 Å². The van der Waals surface area contributed by atoms with E-state index in [-0.39, 0.29) is 49.1 Å². The van der Waals surface area contributed by atoms with Crippen molar-refractivity contribution >= 4 is 28.5 Å². The zero-order valence-electron chi connectivity index (χ0n) is 23.2. The summed E-state index contributed by atoms with van der Waals surface area (Å²) >= 11 is 0. The third-order valence-electron chi connectivity index (χ3n) is 7.27. The number of carbonyl (C=O) groups is 1. The van der Waals surface area contributed by atoms with Crippen molar-refractivity contribution in [3.05, 3.63) is 60.2 Å². The Morgan fingerprint density at radius 1 is 1.12 bits per heavy atom. The number of rotatable bonds is 12. The SMILES string of the molecule is CB(O)c1ccc(S(=O)(=O)N(CC(C)C)C[C@@H](O)[C@H](Cc2ccccc2)NC(=O)OC2CO[C@H]3OCC[C@@H]23)cc1. The Kier molecular flexibility index (Phi) is 10.3. The monoisotopic (exact) mass is 574 g/mol. The summed E-state index contributed by atoms with van der Waals surface area (Å²) in [7, 11) is -3.98. The molecule has 2 aliphatic heterocycles.